The van der Waals surface area contributed by atoms with E-state index < -0.39 is 0 Å². The van der Waals surface area contributed by atoms with Gasteiger partial charge < -0.3 is 15.1 Å². The molecule has 0 unspecified atom stereocenters. The second-order valence-corrected chi connectivity index (χ2v) is 6.67. The van der Waals surface area contributed by atoms with Gasteiger partial charge >= 0.3 is 0 Å². The Morgan fingerprint density at radius 3 is 2.35 bits per heavy atom. The molecule has 0 atom stereocenters. The van der Waals surface area contributed by atoms with Crippen molar-refractivity contribution in [2.75, 3.05) is 31.5 Å². The number of anilines is 2. The molecule has 0 radical (unpaired) electrons. The molecule has 0 bridgehead atoms. The van der Waals surface area contributed by atoms with Crippen LogP contribution in [-0.2, 0) is 4.79 Å². The van der Waals surface area contributed by atoms with Crippen LogP contribution in [0, 0.1) is 13.8 Å². The third-order valence-corrected chi connectivity index (χ3v) is 4.65. The second-order valence-electron chi connectivity index (χ2n) is 6.67. The van der Waals surface area contributed by atoms with Crippen molar-refractivity contribution in [3.63, 3.8) is 0 Å². The summed E-state index contributed by atoms with van der Waals surface area (Å²) in [7, 11) is 0. The Morgan fingerprint density at radius 1 is 1.00 bits per heavy atom. The molecule has 1 aromatic heterocycles. The number of carbonyl (C=O) groups excluding carboxylic acids is 2. The first kappa shape index (κ1) is 17.9. The molecule has 0 saturated carbocycles. The predicted molar refractivity (Wildman–Crippen MR) is 102 cm³/mol. The van der Waals surface area contributed by atoms with Crippen LogP contribution in [0.15, 0.2) is 36.5 Å². The van der Waals surface area contributed by atoms with E-state index >= 15 is 0 Å². The first-order chi connectivity index (χ1) is 12.4. The molecule has 6 nitrogen and oxygen atoms in total. The molecule has 1 saturated heterocycles. The minimum absolute atomic E-state index is 0.0508. The van der Waals surface area contributed by atoms with Crippen LogP contribution in [0.2, 0.25) is 0 Å². The minimum atomic E-state index is -0.0996. The van der Waals surface area contributed by atoms with Crippen molar-refractivity contribution < 1.29 is 9.59 Å². The zero-order valence-electron chi connectivity index (χ0n) is 15.5. The highest BCUT2D eigenvalue weighted by Crippen LogP contribution is 2.22. The number of aryl methyl sites for hydroxylation is 2. The first-order valence-electron chi connectivity index (χ1n) is 8.79. The molecule has 1 N–H and O–H groups in total. The third kappa shape index (κ3) is 4.02. The second kappa shape index (κ2) is 7.56. The molecule has 2 amide bonds. The van der Waals surface area contributed by atoms with E-state index in [0.29, 0.717) is 31.9 Å². The molecule has 26 heavy (non-hydrogen) atoms. The Balaban J connectivity index is 1.71. The van der Waals surface area contributed by atoms with E-state index in [0.717, 1.165) is 16.9 Å². The van der Waals surface area contributed by atoms with Gasteiger partial charge in [0.05, 0.1) is 0 Å². The van der Waals surface area contributed by atoms with Gasteiger partial charge in [0.1, 0.15) is 5.69 Å². The lowest BCUT2D eigenvalue weighted by Crippen LogP contribution is -2.50. The summed E-state index contributed by atoms with van der Waals surface area (Å²) < 4.78 is 0. The van der Waals surface area contributed by atoms with Gasteiger partial charge in [-0.15, -0.1) is 0 Å². The molecular weight excluding hydrogens is 328 g/mol. The molecule has 2 heterocycles. The van der Waals surface area contributed by atoms with Crippen molar-refractivity contribution in [3.8, 4) is 0 Å². The molecule has 3 rings (SSSR count). The van der Waals surface area contributed by atoms with E-state index in [4.69, 9.17) is 0 Å². The molecule has 1 aliphatic rings. The number of rotatable bonds is 3. The quantitative estimate of drug-likeness (QED) is 0.922. The lowest BCUT2D eigenvalue weighted by Gasteiger charge is -2.34. The van der Waals surface area contributed by atoms with Crippen LogP contribution in [0.5, 0.6) is 0 Å². The van der Waals surface area contributed by atoms with Gasteiger partial charge in [0.15, 0.2) is 0 Å². The Morgan fingerprint density at radius 2 is 1.69 bits per heavy atom. The zero-order chi connectivity index (χ0) is 18.7. The van der Waals surface area contributed by atoms with Gasteiger partial charge in [-0.1, -0.05) is 17.7 Å². The Labute approximate surface area is 153 Å². The fourth-order valence-electron chi connectivity index (χ4n) is 3.12. The largest absolute Gasteiger partial charge is 0.355 e. The SMILES string of the molecule is CC(=O)N1CCN(C(=O)c2cc(Nc3ccc(C)cc3C)ccn2)CC1. The Hall–Kier alpha value is -2.89. The molecular formula is C20H24N4O2. The average molecular weight is 352 g/mol. The minimum Gasteiger partial charge on any atom is -0.355 e. The van der Waals surface area contributed by atoms with Gasteiger partial charge in [0.2, 0.25) is 5.91 Å². The highest BCUT2D eigenvalue weighted by Gasteiger charge is 2.24. The zero-order valence-corrected chi connectivity index (χ0v) is 15.5. The summed E-state index contributed by atoms with van der Waals surface area (Å²) in [6.07, 6.45) is 1.64. The van der Waals surface area contributed by atoms with Gasteiger partial charge in [0.25, 0.3) is 5.91 Å². The summed E-state index contributed by atoms with van der Waals surface area (Å²) in [5, 5.41) is 3.36. The summed E-state index contributed by atoms with van der Waals surface area (Å²) in [6.45, 7) is 7.89. The van der Waals surface area contributed by atoms with Crippen LogP contribution < -0.4 is 5.32 Å². The highest BCUT2D eigenvalue weighted by atomic mass is 16.2. The Bertz CT molecular complexity index is 826. The van der Waals surface area contributed by atoms with Crippen molar-refractivity contribution in [1.82, 2.24) is 14.8 Å². The van der Waals surface area contributed by atoms with E-state index in [-0.39, 0.29) is 11.8 Å². The first-order valence-corrected chi connectivity index (χ1v) is 8.79. The predicted octanol–water partition coefficient (Wildman–Crippen LogP) is 2.75. The normalized spacial score (nSPS) is 14.3. The summed E-state index contributed by atoms with van der Waals surface area (Å²) in [6, 6.07) is 9.83. The number of nitrogens with zero attached hydrogens (tertiary/aromatic N) is 3. The molecule has 1 fully saturated rings. The number of hydrogen-bond acceptors (Lipinski definition) is 4. The van der Waals surface area contributed by atoms with E-state index in [1.165, 1.54) is 5.56 Å². The summed E-state index contributed by atoms with van der Waals surface area (Å²) in [5.74, 6) is -0.0487. The number of piperazine rings is 1. The topological polar surface area (TPSA) is 65.5 Å². The van der Waals surface area contributed by atoms with E-state index in [2.05, 4.69) is 36.3 Å². The summed E-state index contributed by atoms with van der Waals surface area (Å²) in [4.78, 5) is 31.9. The van der Waals surface area contributed by atoms with Gasteiger partial charge in [-0.05, 0) is 37.6 Å². The lowest BCUT2D eigenvalue weighted by atomic mass is 10.1. The van der Waals surface area contributed by atoms with E-state index in [1.54, 1.807) is 29.0 Å². The molecule has 0 aliphatic carbocycles. The van der Waals surface area contributed by atoms with Crippen LogP contribution in [0.25, 0.3) is 0 Å². The third-order valence-electron chi connectivity index (χ3n) is 4.65. The van der Waals surface area contributed by atoms with Crippen LogP contribution in [0.3, 0.4) is 0 Å². The van der Waals surface area contributed by atoms with Crippen molar-refractivity contribution >= 4 is 23.2 Å². The standard InChI is InChI=1S/C20H24N4O2/c1-14-4-5-18(15(2)12-14)22-17-6-7-21-19(13-17)20(26)24-10-8-23(9-11-24)16(3)25/h4-7,12-13H,8-11H2,1-3H3,(H,21,22). The number of amides is 2. The maximum absolute atomic E-state index is 12.7. The maximum Gasteiger partial charge on any atom is 0.272 e. The summed E-state index contributed by atoms with van der Waals surface area (Å²) in [5.41, 5.74) is 4.61. The molecule has 1 aliphatic heterocycles. The average Bonchev–Trinajstić information content (AvgIpc) is 2.64. The number of carbonyl (C=O) groups is 2. The van der Waals surface area contributed by atoms with Crippen LogP contribution in [-0.4, -0.2) is 52.8 Å². The Kier molecular flexibility index (Phi) is 5.21. The van der Waals surface area contributed by atoms with Crippen molar-refractivity contribution in [3.05, 3.63) is 53.3 Å². The fourth-order valence-corrected chi connectivity index (χ4v) is 3.12. The molecule has 1 aromatic carbocycles. The summed E-state index contributed by atoms with van der Waals surface area (Å²) >= 11 is 0. The van der Waals surface area contributed by atoms with Gasteiger partial charge in [-0.2, -0.15) is 0 Å². The number of nitrogens with one attached hydrogen (secondary N) is 1. The molecule has 0 spiro atoms. The lowest BCUT2D eigenvalue weighted by molar-refractivity contribution is -0.130. The molecule has 136 valence electrons. The van der Waals surface area contributed by atoms with Crippen LogP contribution in [0.4, 0.5) is 11.4 Å². The van der Waals surface area contributed by atoms with Crippen LogP contribution in [0.1, 0.15) is 28.5 Å². The van der Waals surface area contributed by atoms with E-state index in [9.17, 15) is 9.59 Å². The fraction of sp³-hybridized carbons (Fsp3) is 0.350. The number of aromatic nitrogens is 1. The number of pyridine rings is 1. The number of hydrogen-bond donors (Lipinski definition) is 1. The van der Waals surface area contributed by atoms with Crippen molar-refractivity contribution in [2.45, 2.75) is 20.8 Å². The van der Waals surface area contributed by atoms with Gasteiger partial charge in [-0.3, -0.25) is 14.6 Å². The smallest absolute Gasteiger partial charge is 0.272 e. The van der Waals surface area contributed by atoms with Crippen molar-refractivity contribution in [1.29, 1.82) is 0 Å². The van der Waals surface area contributed by atoms with Gasteiger partial charge in [-0.25, -0.2) is 0 Å². The number of benzene rings is 1. The molecule has 6 heteroatoms. The van der Waals surface area contributed by atoms with Gasteiger partial charge in [0, 0.05) is 50.7 Å². The highest BCUT2D eigenvalue weighted by molar-refractivity contribution is 5.93. The maximum atomic E-state index is 12.7. The molecule has 2 aromatic rings. The van der Waals surface area contributed by atoms with Crippen molar-refractivity contribution in [2.24, 2.45) is 0 Å². The van der Waals surface area contributed by atoms with E-state index in [1.807, 2.05) is 12.1 Å². The van der Waals surface area contributed by atoms with Crippen LogP contribution >= 0.6 is 0 Å². The monoisotopic (exact) mass is 352 g/mol.